The van der Waals surface area contributed by atoms with E-state index in [0.29, 0.717) is 23.5 Å². The second-order valence-electron chi connectivity index (χ2n) is 7.71. The Labute approximate surface area is 191 Å². The lowest BCUT2D eigenvalue weighted by molar-refractivity contribution is -0.116. The van der Waals surface area contributed by atoms with Gasteiger partial charge in [0.15, 0.2) is 11.6 Å². The summed E-state index contributed by atoms with van der Waals surface area (Å²) < 4.78 is 57.9. The lowest BCUT2D eigenvalue weighted by atomic mass is 10.1. The van der Waals surface area contributed by atoms with Crippen molar-refractivity contribution in [1.29, 1.82) is 0 Å². The van der Waals surface area contributed by atoms with Crippen molar-refractivity contribution < 1.29 is 31.5 Å². The Balaban J connectivity index is 1.79. The van der Waals surface area contributed by atoms with Crippen molar-refractivity contribution in [3.63, 3.8) is 0 Å². The third-order valence-electron chi connectivity index (χ3n) is 5.19. The van der Waals surface area contributed by atoms with Gasteiger partial charge in [-0.2, -0.15) is 0 Å². The maximum atomic E-state index is 13.7. The Morgan fingerprint density at radius 2 is 1.91 bits per heavy atom. The molecule has 0 saturated carbocycles. The van der Waals surface area contributed by atoms with Crippen LogP contribution >= 0.6 is 0 Å². The van der Waals surface area contributed by atoms with E-state index in [1.165, 1.54) is 19.1 Å². The smallest absolute Gasteiger partial charge is 0.253 e. The van der Waals surface area contributed by atoms with Crippen molar-refractivity contribution >= 4 is 33.2 Å². The molecule has 0 bridgehead atoms. The average molecular weight is 482 g/mol. The van der Waals surface area contributed by atoms with Crippen LogP contribution in [0, 0.1) is 11.6 Å². The Kier molecular flexibility index (Phi) is 7.65. The van der Waals surface area contributed by atoms with E-state index < -0.39 is 39.5 Å². The standard InChI is InChI=1S/C22H25F2N3O5S/c1-14(27(33(2,30)31)15-9-10-18(23)19(24)12-15)21(28)26-20-8-4-3-7-17(20)22(29)25-13-16-6-5-11-32-16/h3-4,7-10,12,14,16H,5-6,11,13H2,1-2H3,(H,25,29)(H,26,28)/t14-,16+/m1/s1. The third-order valence-corrected chi connectivity index (χ3v) is 6.43. The quantitative estimate of drug-likeness (QED) is 0.603. The maximum absolute atomic E-state index is 13.7. The molecule has 2 amide bonds. The Bertz CT molecular complexity index is 1140. The summed E-state index contributed by atoms with van der Waals surface area (Å²) in [5.74, 6) is -3.58. The number of halogens is 2. The van der Waals surface area contributed by atoms with Gasteiger partial charge < -0.3 is 15.4 Å². The number of para-hydroxylation sites is 1. The number of carbonyl (C=O) groups excluding carboxylic acids is 2. The van der Waals surface area contributed by atoms with Gasteiger partial charge in [-0.3, -0.25) is 13.9 Å². The fourth-order valence-electron chi connectivity index (χ4n) is 3.57. The van der Waals surface area contributed by atoms with Crippen LogP contribution in [0.3, 0.4) is 0 Å². The minimum Gasteiger partial charge on any atom is -0.376 e. The van der Waals surface area contributed by atoms with Crippen LogP contribution in [0.5, 0.6) is 0 Å². The molecule has 3 rings (SSSR count). The molecule has 2 aromatic carbocycles. The van der Waals surface area contributed by atoms with Crippen LogP contribution in [0.1, 0.15) is 30.1 Å². The van der Waals surface area contributed by atoms with Crippen LogP contribution in [0.15, 0.2) is 42.5 Å². The van der Waals surface area contributed by atoms with Gasteiger partial charge in [0, 0.05) is 19.2 Å². The molecule has 2 N–H and O–H groups in total. The molecule has 0 aromatic heterocycles. The zero-order valence-electron chi connectivity index (χ0n) is 18.2. The van der Waals surface area contributed by atoms with Gasteiger partial charge in [0.1, 0.15) is 6.04 Å². The lowest BCUT2D eigenvalue weighted by Gasteiger charge is -2.28. The van der Waals surface area contributed by atoms with Crippen molar-refractivity contribution in [2.24, 2.45) is 0 Å². The number of amides is 2. The van der Waals surface area contributed by atoms with Gasteiger partial charge in [-0.05, 0) is 44.0 Å². The van der Waals surface area contributed by atoms with E-state index in [1.807, 2.05) is 0 Å². The predicted molar refractivity (Wildman–Crippen MR) is 120 cm³/mol. The Morgan fingerprint density at radius 1 is 1.18 bits per heavy atom. The fraction of sp³-hybridized carbons (Fsp3) is 0.364. The summed E-state index contributed by atoms with van der Waals surface area (Å²) in [6, 6.07) is 7.49. The number of hydrogen-bond donors (Lipinski definition) is 2. The number of carbonyl (C=O) groups is 2. The Morgan fingerprint density at radius 3 is 2.55 bits per heavy atom. The van der Waals surface area contributed by atoms with Crippen LogP contribution in [-0.4, -0.2) is 51.8 Å². The largest absolute Gasteiger partial charge is 0.376 e. The summed E-state index contributed by atoms with van der Waals surface area (Å²) >= 11 is 0. The molecule has 1 aliphatic rings. The van der Waals surface area contributed by atoms with E-state index >= 15 is 0 Å². The number of anilines is 2. The topological polar surface area (TPSA) is 105 Å². The molecular weight excluding hydrogens is 456 g/mol. The van der Waals surface area contributed by atoms with E-state index in [9.17, 15) is 26.8 Å². The minimum absolute atomic E-state index is 0.0600. The molecule has 1 aliphatic heterocycles. The summed E-state index contributed by atoms with van der Waals surface area (Å²) in [5.41, 5.74) is 0.161. The number of benzene rings is 2. The average Bonchev–Trinajstić information content (AvgIpc) is 3.27. The van der Waals surface area contributed by atoms with Crippen molar-refractivity contribution in [3.05, 3.63) is 59.7 Å². The zero-order valence-corrected chi connectivity index (χ0v) is 19.0. The molecule has 2 atom stereocenters. The fourth-order valence-corrected chi connectivity index (χ4v) is 4.73. The van der Waals surface area contributed by atoms with Gasteiger partial charge in [0.05, 0.1) is 29.3 Å². The number of hydrogen-bond acceptors (Lipinski definition) is 5. The molecule has 11 heteroatoms. The number of ether oxygens (including phenoxy) is 1. The van der Waals surface area contributed by atoms with E-state index in [0.717, 1.165) is 31.2 Å². The van der Waals surface area contributed by atoms with Crippen LogP contribution in [0.2, 0.25) is 0 Å². The van der Waals surface area contributed by atoms with Gasteiger partial charge >= 0.3 is 0 Å². The van der Waals surface area contributed by atoms with Crippen LogP contribution < -0.4 is 14.9 Å². The highest BCUT2D eigenvalue weighted by molar-refractivity contribution is 7.92. The van der Waals surface area contributed by atoms with Gasteiger partial charge in [0.25, 0.3) is 5.91 Å². The van der Waals surface area contributed by atoms with Gasteiger partial charge in [-0.25, -0.2) is 17.2 Å². The second-order valence-corrected chi connectivity index (χ2v) is 9.57. The molecule has 0 unspecified atom stereocenters. The molecule has 0 spiro atoms. The molecule has 33 heavy (non-hydrogen) atoms. The first-order valence-corrected chi connectivity index (χ1v) is 12.2. The summed E-state index contributed by atoms with van der Waals surface area (Å²) in [6.45, 7) is 2.28. The molecule has 1 fully saturated rings. The van der Waals surface area contributed by atoms with Crippen LogP contribution in [-0.2, 0) is 19.6 Å². The van der Waals surface area contributed by atoms with Crippen molar-refractivity contribution in [2.45, 2.75) is 31.9 Å². The molecule has 1 heterocycles. The highest BCUT2D eigenvalue weighted by Gasteiger charge is 2.30. The maximum Gasteiger partial charge on any atom is 0.253 e. The molecule has 178 valence electrons. The van der Waals surface area contributed by atoms with Crippen LogP contribution in [0.4, 0.5) is 20.2 Å². The summed E-state index contributed by atoms with van der Waals surface area (Å²) in [7, 11) is -4.04. The van der Waals surface area contributed by atoms with E-state index in [-0.39, 0.29) is 23.0 Å². The third kappa shape index (κ3) is 6.05. The van der Waals surface area contributed by atoms with E-state index in [2.05, 4.69) is 10.6 Å². The first-order chi connectivity index (χ1) is 15.6. The van der Waals surface area contributed by atoms with Gasteiger partial charge in [-0.15, -0.1) is 0 Å². The number of sulfonamides is 1. The highest BCUT2D eigenvalue weighted by atomic mass is 32.2. The molecule has 0 aliphatic carbocycles. The minimum atomic E-state index is -4.04. The van der Waals surface area contributed by atoms with Crippen LogP contribution in [0.25, 0.3) is 0 Å². The van der Waals surface area contributed by atoms with Gasteiger partial charge in [0.2, 0.25) is 15.9 Å². The highest BCUT2D eigenvalue weighted by Crippen LogP contribution is 2.24. The number of rotatable bonds is 8. The summed E-state index contributed by atoms with van der Waals surface area (Å²) in [4.78, 5) is 25.6. The second kappa shape index (κ2) is 10.3. The normalized spacial score (nSPS) is 16.8. The van der Waals surface area contributed by atoms with E-state index in [1.54, 1.807) is 12.1 Å². The summed E-state index contributed by atoms with van der Waals surface area (Å²) in [6.07, 6.45) is 2.57. The monoisotopic (exact) mass is 481 g/mol. The molecular formula is C22H25F2N3O5S. The number of nitrogens with one attached hydrogen (secondary N) is 2. The van der Waals surface area contributed by atoms with Crippen molar-refractivity contribution in [3.8, 4) is 0 Å². The van der Waals surface area contributed by atoms with Crippen molar-refractivity contribution in [1.82, 2.24) is 5.32 Å². The molecule has 8 nitrogen and oxygen atoms in total. The van der Waals surface area contributed by atoms with Gasteiger partial charge in [-0.1, -0.05) is 12.1 Å². The zero-order chi connectivity index (χ0) is 24.2. The lowest BCUT2D eigenvalue weighted by Crippen LogP contribution is -2.45. The van der Waals surface area contributed by atoms with Crippen molar-refractivity contribution in [2.75, 3.05) is 29.0 Å². The number of nitrogens with zero attached hydrogens (tertiary/aromatic N) is 1. The molecule has 0 radical (unpaired) electrons. The first-order valence-electron chi connectivity index (χ1n) is 10.3. The SMILES string of the molecule is C[C@H](C(=O)Nc1ccccc1C(=O)NC[C@@H]1CCCO1)N(c1ccc(F)c(F)c1)S(C)(=O)=O. The Hall–Kier alpha value is -3.05. The predicted octanol–water partition coefficient (Wildman–Crippen LogP) is 2.67. The first kappa shape index (κ1) is 24.6. The molecule has 2 aromatic rings. The summed E-state index contributed by atoms with van der Waals surface area (Å²) in [5, 5.41) is 5.33. The molecule has 1 saturated heterocycles. The van der Waals surface area contributed by atoms with E-state index in [4.69, 9.17) is 4.74 Å².